The molecular weight excluding hydrogens is 326 g/mol. The summed E-state index contributed by atoms with van der Waals surface area (Å²) < 4.78 is 1.52. The summed E-state index contributed by atoms with van der Waals surface area (Å²) in [5, 5.41) is 14.4. The smallest absolute Gasteiger partial charge is 0.245 e. The van der Waals surface area contributed by atoms with E-state index in [0.29, 0.717) is 6.42 Å². The van der Waals surface area contributed by atoms with Gasteiger partial charge in [-0.1, -0.05) is 60.7 Å². The Labute approximate surface area is 153 Å². The van der Waals surface area contributed by atoms with Crippen molar-refractivity contribution >= 4 is 5.91 Å². The zero-order valence-electron chi connectivity index (χ0n) is 14.8. The molecule has 0 aliphatic rings. The summed E-state index contributed by atoms with van der Waals surface area (Å²) in [7, 11) is 0. The zero-order valence-corrected chi connectivity index (χ0v) is 14.8. The number of amides is 1. The van der Waals surface area contributed by atoms with Crippen LogP contribution in [-0.2, 0) is 17.6 Å². The summed E-state index contributed by atoms with van der Waals surface area (Å²) in [6.45, 7) is 2.03. The molecule has 1 aromatic heterocycles. The number of hydrogen-bond acceptors (Lipinski definition) is 4. The molecule has 2 aromatic carbocycles. The summed E-state index contributed by atoms with van der Waals surface area (Å²) in [6.07, 6.45) is 3.84. The first-order valence-electron chi connectivity index (χ1n) is 8.83. The highest BCUT2D eigenvalue weighted by Gasteiger charge is 2.23. The van der Waals surface area contributed by atoms with E-state index in [1.807, 2.05) is 55.5 Å². The summed E-state index contributed by atoms with van der Waals surface area (Å²) in [5.41, 5.74) is 2.34. The van der Waals surface area contributed by atoms with Crippen molar-refractivity contribution in [2.45, 2.75) is 38.3 Å². The van der Waals surface area contributed by atoms with Crippen LogP contribution >= 0.6 is 0 Å². The average Bonchev–Trinajstić information content (AvgIpc) is 3.20. The predicted molar refractivity (Wildman–Crippen MR) is 99.4 cm³/mol. The third-order valence-corrected chi connectivity index (χ3v) is 4.36. The molecule has 0 unspecified atom stereocenters. The number of aryl methyl sites for hydroxylation is 1. The summed E-state index contributed by atoms with van der Waals surface area (Å²) in [6, 6.07) is 19.8. The molecule has 3 rings (SSSR count). The van der Waals surface area contributed by atoms with Gasteiger partial charge in [0.2, 0.25) is 5.91 Å². The maximum atomic E-state index is 12.8. The predicted octanol–water partition coefficient (Wildman–Crippen LogP) is 2.59. The Bertz CT molecular complexity index is 790. The maximum absolute atomic E-state index is 12.8. The Morgan fingerprint density at radius 2 is 1.69 bits per heavy atom. The fourth-order valence-corrected chi connectivity index (χ4v) is 2.89. The van der Waals surface area contributed by atoms with Crippen LogP contribution in [-0.4, -0.2) is 32.2 Å². The highest BCUT2D eigenvalue weighted by Crippen LogP contribution is 2.14. The molecule has 0 bridgehead atoms. The normalized spacial score (nSPS) is 13.1. The Kier molecular flexibility index (Phi) is 6.09. The quantitative estimate of drug-likeness (QED) is 0.678. The Morgan fingerprint density at radius 3 is 2.31 bits per heavy atom. The molecule has 1 N–H and O–H groups in total. The minimum Gasteiger partial charge on any atom is -0.352 e. The van der Waals surface area contributed by atoms with Crippen LogP contribution in [0.15, 0.2) is 67.0 Å². The van der Waals surface area contributed by atoms with Crippen molar-refractivity contribution < 1.29 is 4.79 Å². The molecule has 0 saturated carbocycles. The van der Waals surface area contributed by atoms with Crippen molar-refractivity contribution in [2.24, 2.45) is 0 Å². The number of benzene rings is 2. The van der Waals surface area contributed by atoms with Gasteiger partial charge in [0.1, 0.15) is 12.4 Å². The van der Waals surface area contributed by atoms with Crippen LogP contribution < -0.4 is 5.32 Å². The number of hydrogen-bond donors (Lipinski definition) is 1. The molecule has 1 heterocycles. The van der Waals surface area contributed by atoms with E-state index in [2.05, 4.69) is 33.0 Å². The molecule has 0 fully saturated rings. The molecule has 0 spiro atoms. The number of carbonyl (C=O) groups is 1. The fraction of sp³-hybridized carbons (Fsp3) is 0.300. The lowest BCUT2D eigenvalue weighted by molar-refractivity contribution is -0.125. The number of carbonyl (C=O) groups excluding carboxylic acids is 1. The van der Waals surface area contributed by atoms with Crippen LogP contribution in [0.2, 0.25) is 0 Å². The van der Waals surface area contributed by atoms with E-state index < -0.39 is 6.04 Å². The molecule has 2 atom stereocenters. The van der Waals surface area contributed by atoms with E-state index in [4.69, 9.17) is 0 Å². The third kappa shape index (κ3) is 4.99. The number of nitrogens with zero attached hydrogens (tertiary/aromatic N) is 4. The average molecular weight is 349 g/mol. The Morgan fingerprint density at radius 1 is 1.04 bits per heavy atom. The molecule has 0 aliphatic heterocycles. The molecule has 6 nitrogen and oxygen atoms in total. The lowest BCUT2D eigenvalue weighted by Gasteiger charge is -2.20. The van der Waals surface area contributed by atoms with Gasteiger partial charge in [0, 0.05) is 12.5 Å². The highest BCUT2D eigenvalue weighted by molar-refractivity contribution is 5.80. The van der Waals surface area contributed by atoms with Crippen LogP contribution in [0, 0.1) is 0 Å². The first-order chi connectivity index (χ1) is 12.7. The second-order valence-electron chi connectivity index (χ2n) is 6.43. The van der Waals surface area contributed by atoms with E-state index in [1.54, 1.807) is 0 Å². The van der Waals surface area contributed by atoms with Gasteiger partial charge in [-0.15, -0.1) is 5.10 Å². The molecule has 0 radical (unpaired) electrons. The van der Waals surface area contributed by atoms with Gasteiger partial charge < -0.3 is 5.32 Å². The second-order valence-corrected chi connectivity index (χ2v) is 6.43. The van der Waals surface area contributed by atoms with Gasteiger partial charge >= 0.3 is 0 Å². The van der Waals surface area contributed by atoms with Crippen LogP contribution in [0.4, 0.5) is 0 Å². The van der Waals surface area contributed by atoms with Crippen molar-refractivity contribution in [1.29, 1.82) is 0 Å². The number of aromatic nitrogens is 4. The number of rotatable bonds is 8. The van der Waals surface area contributed by atoms with Crippen LogP contribution in [0.1, 0.15) is 30.5 Å². The summed E-state index contributed by atoms with van der Waals surface area (Å²) >= 11 is 0. The molecule has 26 heavy (non-hydrogen) atoms. The fourth-order valence-electron chi connectivity index (χ4n) is 2.89. The molecule has 134 valence electrons. The third-order valence-electron chi connectivity index (χ3n) is 4.36. The van der Waals surface area contributed by atoms with Crippen LogP contribution in [0.25, 0.3) is 0 Å². The van der Waals surface area contributed by atoms with Gasteiger partial charge in [0.05, 0.1) is 0 Å². The zero-order chi connectivity index (χ0) is 18.2. The number of nitrogens with one attached hydrogen (secondary N) is 1. The van der Waals surface area contributed by atoms with E-state index in [1.165, 1.54) is 16.6 Å². The van der Waals surface area contributed by atoms with Gasteiger partial charge in [-0.2, -0.15) is 0 Å². The highest BCUT2D eigenvalue weighted by atomic mass is 16.2. The summed E-state index contributed by atoms with van der Waals surface area (Å²) in [4.78, 5) is 12.8. The van der Waals surface area contributed by atoms with E-state index in [-0.39, 0.29) is 11.9 Å². The van der Waals surface area contributed by atoms with Crippen LogP contribution in [0.3, 0.4) is 0 Å². The molecule has 0 saturated heterocycles. The van der Waals surface area contributed by atoms with Gasteiger partial charge in [0.15, 0.2) is 0 Å². The van der Waals surface area contributed by atoms with Crippen LogP contribution in [0.5, 0.6) is 0 Å². The molecule has 6 heteroatoms. The lowest BCUT2D eigenvalue weighted by Crippen LogP contribution is -2.39. The molecular formula is C20H23N5O. The van der Waals surface area contributed by atoms with Crippen molar-refractivity contribution in [2.75, 3.05) is 0 Å². The van der Waals surface area contributed by atoms with Crippen molar-refractivity contribution in [3.05, 3.63) is 78.1 Å². The Balaban J connectivity index is 1.61. The topological polar surface area (TPSA) is 72.7 Å². The van der Waals surface area contributed by atoms with Gasteiger partial charge in [-0.25, -0.2) is 4.68 Å². The molecule has 3 aromatic rings. The first-order valence-corrected chi connectivity index (χ1v) is 8.83. The second kappa shape index (κ2) is 8.89. The van der Waals surface area contributed by atoms with Crippen molar-refractivity contribution in [1.82, 2.24) is 25.5 Å². The van der Waals surface area contributed by atoms with Crippen molar-refractivity contribution in [3.63, 3.8) is 0 Å². The monoisotopic (exact) mass is 349 g/mol. The standard InChI is InChI=1S/C20H23N5O/c1-16(12-13-17-8-4-2-5-9-17)22-20(26)19(25-15-21-23-24-25)14-18-10-6-3-7-11-18/h2-11,15-16,19H,12-14H2,1H3,(H,22,26)/t16-,19+/m1/s1. The van der Waals surface area contributed by atoms with E-state index in [9.17, 15) is 4.79 Å². The van der Waals surface area contributed by atoms with Gasteiger partial charge in [-0.05, 0) is 41.3 Å². The summed E-state index contributed by atoms with van der Waals surface area (Å²) in [5.74, 6) is -0.0679. The lowest BCUT2D eigenvalue weighted by atomic mass is 10.0. The van der Waals surface area contributed by atoms with Gasteiger partial charge in [0.25, 0.3) is 0 Å². The number of tetrazole rings is 1. The Hall–Kier alpha value is -3.02. The minimum absolute atomic E-state index is 0.0671. The maximum Gasteiger partial charge on any atom is 0.245 e. The first kappa shape index (κ1) is 17.8. The van der Waals surface area contributed by atoms with E-state index >= 15 is 0 Å². The molecule has 0 aliphatic carbocycles. The SMILES string of the molecule is C[C@H](CCc1ccccc1)NC(=O)[C@H](Cc1ccccc1)n1cnnn1. The largest absolute Gasteiger partial charge is 0.352 e. The van der Waals surface area contributed by atoms with E-state index in [0.717, 1.165) is 18.4 Å². The van der Waals surface area contributed by atoms with Gasteiger partial charge in [-0.3, -0.25) is 4.79 Å². The minimum atomic E-state index is -0.466. The molecule has 1 amide bonds. The van der Waals surface area contributed by atoms with Crippen molar-refractivity contribution in [3.8, 4) is 0 Å².